The van der Waals surface area contributed by atoms with Crippen molar-refractivity contribution in [3.8, 4) is 0 Å². The molecule has 90 valence electrons. The summed E-state index contributed by atoms with van der Waals surface area (Å²) in [6, 6.07) is 5.13. The molecule has 0 amide bonds. The molecule has 0 heterocycles. The fourth-order valence-electron chi connectivity index (χ4n) is 0.892. The third-order valence-corrected chi connectivity index (χ3v) is 1.47. The average molecular weight is 248 g/mol. The minimum atomic E-state index is -4.67. The summed E-state index contributed by atoms with van der Waals surface area (Å²) in [5, 5.41) is 0. The second-order valence-corrected chi connectivity index (χ2v) is 3.67. The van der Waals surface area contributed by atoms with Gasteiger partial charge in [-0.2, -0.15) is 8.42 Å². The van der Waals surface area contributed by atoms with Gasteiger partial charge in [-0.05, 0) is 23.8 Å². The van der Waals surface area contributed by atoms with E-state index in [9.17, 15) is 4.79 Å². The van der Waals surface area contributed by atoms with Crippen molar-refractivity contribution in [2.75, 3.05) is 11.5 Å². The number of hydrogen-bond donors (Lipinski definition) is 4. The third kappa shape index (κ3) is 7.74. The summed E-state index contributed by atoms with van der Waals surface area (Å²) in [7, 11) is -4.67. The first-order valence-corrected chi connectivity index (χ1v) is 5.41. The SMILES string of the molecule is Nc1ccc(N)c(CC=O)c1.O=S(=O)(O)O. The number of hydrogen-bond acceptors (Lipinski definition) is 5. The van der Waals surface area contributed by atoms with Crippen molar-refractivity contribution in [1.29, 1.82) is 0 Å². The summed E-state index contributed by atoms with van der Waals surface area (Å²) < 4.78 is 31.6. The standard InChI is InChI=1S/C8H10N2O.H2O4S/c9-7-1-2-8(10)6(5-7)3-4-11;1-5(2,3)4/h1-2,4-5H,3,9-10H2;(H2,1,2,3,4). The van der Waals surface area contributed by atoms with Gasteiger partial charge in [0.15, 0.2) is 0 Å². The maximum absolute atomic E-state index is 10.1. The van der Waals surface area contributed by atoms with Gasteiger partial charge in [-0.3, -0.25) is 9.11 Å². The van der Waals surface area contributed by atoms with Crippen LogP contribution in [0.1, 0.15) is 5.56 Å². The molecule has 0 aromatic heterocycles. The number of anilines is 2. The van der Waals surface area contributed by atoms with Gasteiger partial charge in [-0.1, -0.05) is 0 Å². The number of carbonyl (C=O) groups is 1. The molecule has 0 atom stereocenters. The van der Waals surface area contributed by atoms with E-state index in [4.69, 9.17) is 29.0 Å². The monoisotopic (exact) mass is 248 g/mol. The van der Waals surface area contributed by atoms with Gasteiger partial charge in [0.25, 0.3) is 0 Å². The van der Waals surface area contributed by atoms with E-state index in [1.54, 1.807) is 18.2 Å². The van der Waals surface area contributed by atoms with E-state index in [-0.39, 0.29) is 0 Å². The van der Waals surface area contributed by atoms with Crippen molar-refractivity contribution in [3.63, 3.8) is 0 Å². The van der Waals surface area contributed by atoms with Gasteiger partial charge in [0.05, 0.1) is 0 Å². The lowest BCUT2D eigenvalue weighted by molar-refractivity contribution is -0.107. The van der Waals surface area contributed by atoms with Gasteiger partial charge in [-0.25, -0.2) is 0 Å². The molecule has 0 saturated carbocycles. The Hall–Kier alpha value is -1.64. The van der Waals surface area contributed by atoms with Crippen molar-refractivity contribution in [3.05, 3.63) is 23.8 Å². The molecule has 0 bridgehead atoms. The number of rotatable bonds is 2. The lowest BCUT2D eigenvalue weighted by Gasteiger charge is -2.01. The Morgan fingerprint density at radius 2 is 1.75 bits per heavy atom. The topological polar surface area (TPSA) is 144 Å². The van der Waals surface area contributed by atoms with E-state index in [1.165, 1.54) is 0 Å². The molecule has 6 N–H and O–H groups in total. The Labute approximate surface area is 92.6 Å². The van der Waals surface area contributed by atoms with Crippen LogP contribution in [0, 0.1) is 0 Å². The first-order chi connectivity index (χ1) is 7.24. The van der Waals surface area contributed by atoms with Crippen LogP contribution in [0.15, 0.2) is 18.2 Å². The first-order valence-electron chi connectivity index (χ1n) is 4.01. The minimum absolute atomic E-state index is 0.330. The molecule has 16 heavy (non-hydrogen) atoms. The number of nitrogen functional groups attached to an aromatic ring is 2. The smallest absolute Gasteiger partial charge is 0.394 e. The summed E-state index contributed by atoms with van der Waals surface area (Å²) in [4.78, 5) is 10.1. The summed E-state index contributed by atoms with van der Waals surface area (Å²) in [5.41, 5.74) is 13.1. The summed E-state index contributed by atoms with van der Waals surface area (Å²) in [5.74, 6) is 0. The number of aldehydes is 1. The molecule has 0 saturated heterocycles. The van der Waals surface area contributed by atoms with Crippen LogP contribution < -0.4 is 11.5 Å². The van der Waals surface area contributed by atoms with Crippen LogP contribution in [-0.4, -0.2) is 23.8 Å². The predicted octanol–water partition coefficient (Wildman–Crippen LogP) is -0.0604. The molecule has 1 rings (SSSR count). The predicted molar refractivity (Wildman–Crippen MR) is 59.2 cm³/mol. The number of nitrogens with two attached hydrogens (primary N) is 2. The normalized spacial score (nSPS) is 10.1. The Morgan fingerprint density at radius 3 is 2.19 bits per heavy atom. The maximum atomic E-state index is 10.1. The van der Waals surface area contributed by atoms with Crippen molar-refractivity contribution in [1.82, 2.24) is 0 Å². The van der Waals surface area contributed by atoms with Gasteiger partial charge in [-0.15, -0.1) is 0 Å². The Kier molecular flexibility index (Phi) is 5.43. The van der Waals surface area contributed by atoms with E-state index < -0.39 is 10.4 Å². The molecule has 0 radical (unpaired) electrons. The fraction of sp³-hybridized carbons (Fsp3) is 0.125. The van der Waals surface area contributed by atoms with Crippen LogP contribution >= 0.6 is 0 Å². The molecule has 8 heteroatoms. The zero-order valence-corrected chi connectivity index (χ0v) is 9.02. The Balaban J connectivity index is 0.000000385. The number of carbonyl (C=O) groups excluding carboxylic acids is 1. The second-order valence-electron chi connectivity index (χ2n) is 2.78. The lowest BCUT2D eigenvalue weighted by Crippen LogP contribution is -1.96. The van der Waals surface area contributed by atoms with Crippen LogP contribution in [0.25, 0.3) is 0 Å². The van der Waals surface area contributed by atoms with E-state index >= 15 is 0 Å². The summed E-state index contributed by atoms with van der Waals surface area (Å²) in [6.07, 6.45) is 1.14. The molecule has 7 nitrogen and oxygen atoms in total. The molecule has 0 aliphatic heterocycles. The van der Waals surface area contributed by atoms with Crippen LogP contribution in [0.2, 0.25) is 0 Å². The molecule has 1 aromatic rings. The second kappa shape index (κ2) is 6.05. The van der Waals surface area contributed by atoms with E-state index in [0.717, 1.165) is 11.8 Å². The van der Waals surface area contributed by atoms with Crippen LogP contribution in [0.3, 0.4) is 0 Å². The number of benzene rings is 1. The highest BCUT2D eigenvalue weighted by Crippen LogP contribution is 2.14. The Bertz CT molecular complexity index is 449. The molecule has 0 spiro atoms. The molecule has 0 fully saturated rings. The molecule has 0 aliphatic carbocycles. The van der Waals surface area contributed by atoms with Gasteiger partial charge in [0.2, 0.25) is 0 Å². The highest BCUT2D eigenvalue weighted by molar-refractivity contribution is 7.79. The minimum Gasteiger partial charge on any atom is -0.399 e. The Morgan fingerprint density at radius 1 is 1.25 bits per heavy atom. The quantitative estimate of drug-likeness (QED) is 0.326. The van der Waals surface area contributed by atoms with E-state index in [1.807, 2.05) is 0 Å². The van der Waals surface area contributed by atoms with Crippen LogP contribution in [0.5, 0.6) is 0 Å². The van der Waals surface area contributed by atoms with Crippen LogP contribution in [0.4, 0.5) is 11.4 Å². The van der Waals surface area contributed by atoms with E-state index in [2.05, 4.69) is 0 Å². The summed E-state index contributed by atoms with van der Waals surface area (Å²) >= 11 is 0. The van der Waals surface area contributed by atoms with Gasteiger partial charge >= 0.3 is 10.4 Å². The van der Waals surface area contributed by atoms with Crippen LogP contribution in [-0.2, 0) is 21.6 Å². The summed E-state index contributed by atoms with van der Waals surface area (Å²) in [6.45, 7) is 0. The van der Waals surface area contributed by atoms with Crippen molar-refractivity contribution < 1.29 is 22.3 Å². The largest absolute Gasteiger partial charge is 0.399 e. The van der Waals surface area contributed by atoms with Gasteiger partial charge in [0.1, 0.15) is 6.29 Å². The molecule has 0 aliphatic rings. The molecule has 1 aromatic carbocycles. The van der Waals surface area contributed by atoms with Gasteiger partial charge in [0, 0.05) is 17.8 Å². The van der Waals surface area contributed by atoms with Gasteiger partial charge < -0.3 is 16.3 Å². The van der Waals surface area contributed by atoms with Crippen molar-refractivity contribution >= 4 is 28.1 Å². The fourth-order valence-corrected chi connectivity index (χ4v) is 0.892. The molecule has 0 unspecified atom stereocenters. The van der Waals surface area contributed by atoms with Crippen molar-refractivity contribution in [2.45, 2.75) is 6.42 Å². The first kappa shape index (κ1) is 14.4. The zero-order chi connectivity index (χ0) is 12.8. The maximum Gasteiger partial charge on any atom is 0.394 e. The highest BCUT2D eigenvalue weighted by Gasteiger charge is 1.97. The van der Waals surface area contributed by atoms with E-state index in [0.29, 0.717) is 17.8 Å². The highest BCUT2D eigenvalue weighted by atomic mass is 32.3. The zero-order valence-electron chi connectivity index (χ0n) is 8.20. The molecular formula is C8H12N2O5S. The molecular weight excluding hydrogens is 236 g/mol. The lowest BCUT2D eigenvalue weighted by atomic mass is 10.1. The average Bonchev–Trinajstić information content (AvgIpc) is 2.09. The third-order valence-electron chi connectivity index (χ3n) is 1.47. The van der Waals surface area contributed by atoms with Crippen molar-refractivity contribution in [2.24, 2.45) is 0 Å².